The zero-order valence-corrected chi connectivity index (χ0v) is 18.8. The van der Waals surface area contributed by atoms with Gasteiger partial charge in [-0.25, -0.2) is 9.65 Å². The molecule has 2 aromatic rings. The standard InChI is InChI=1S/C14H11Cl3NO4P.K/c15-14(16,17)13(19)18-23(20,21-11-7-3-1-4-8-11)22-12-9-5-2-6-10-12;/h1-10H,(H,18,19,20);. The molecule has 0 saturated heterocycles. The van der Waals surface area contributed by atoms with Crippen LogP contribution in [0, 0.1) is 0 Å². The number of amides is 1. The fraction of sp³-hybridized carbons (Fsp3) is 0.0714. The second-order valence-corrected chi connectivity index (χ2v) is 8.11. The van der Waals surface area contributed by atoms with Gasteiger partial charge >= 0.3 is 7.75 Å². The number of hydrogen-bond acceptors (Lipinski definition) is 4. The van der Waals surface area contributed by atoms with Crippen LogP contribution in [0.3, 0.4) is 0 Å². The van der Waals surface area contributed by atoms with E-state index in [1.807, 2.05) is 5.09 Å². The van der Waals surface area contributed by atoms with Gasteiger partial charge in [-0.3, -0.25) is 4.79 Å². The van der Waals surface area contributed by atoms with E-state index < -0.39 is 17.4 Å². The number of benzene rings is 2. The molecule has 0 spiro atoms. The Morgan fingerprint density at radius 1 is 0.875 bits per heavy atom. The Bertz CT molecular complexity index is 667. The minimum Gasteiger partial charge on any atom is -0.400 e. The number of rotatable bonds is 5. The molecular weight excluding hydrogens is 423 g/mol. The summed E-state index contributed by atoms with van der Waals surface area (Å²) in [4.78, 5) is 11.8. The molecule has 0 saturated carbocycles. The van der Waals surface area contributed by atoms with Crippen molar-refractivity contribution in [2.75, 3.05) is 0 Å². The zero-order chi connectivity index (χ0) is 16.9. The van der Waals surface area contributed by atoms with Crippen molar-refractivity contribution in [3.63, 3.8) is 0 Å². The van der Waals surface area contributed by atoms with Gasteiger partial charge in [0.05, 0.1) is 0 Å². The van der Waals surface area contributed by atoms with Gasteiger partial charge in [0.1, 0.15) is 11.5 Å². The van der Waals surface area contributed by atoms with E-state index in [2.05, 4.69) is 0 Å². The fourth-order valence-electron chi connectivity index (χ4n) is 1.49. The Morgan fingerprint density at radius 3 is 1.58 bits per heavy atom. The number of carbonyl (C=O) groups is 1. The van der Waals surface area contributed by atoms with Crippen LogP contribution in [0.15, 0.2) is 60.7 Å². The fourth-order valence-corrected chi connectivity index (χ4v) is 3.18. The summed E-state index contributed by atoms with van der Waals surface area (Å²) in [6, 6.07) is 16.3. The Hall–Kier alpha value is 0.246. The Balaban J connectivity index is 0.00000288. The molecule has 5 nitrogen and oxygen atoms in total. The number of nitrogens with one attached hydrogen (secondary N) is 1. The molecule has 123 valence electrons. The van der Waals surface area contributed by atoms with Gasteiger partial charge in [0, 0.05) is 51.4 Å². The maximum atomic E-state index is 12.9. The first-order chi connectivity index (χ1) is 10.8. The molecule has 0 aromatic heterocycles. The van der Waals surface area contributed by atoms with Crippen LogP contribution in [0.25, 0.3) is 0 Å². The molecule has 2 rings (SSSR count). The van der Waals surface area contributed by atoms with Gasteiger partial charge in [-0.05, 0) is 24.3 Å². The van der Waals surface area contributed by atoms with Crippen molar-refractivity contribution in [3.05, 3.63) is 60.7 Å². The summed E-state index contributed by atoms with van der Waals surface area (Å²) in [6.45, 7) is 0. The van der Waals surface area contributed by atoms with E-state index in [1.54, 1.807) is 60.7 Å². The normalized spacial score (nSPS) is 11.1. The predicted octanol–water partition coefficient (Wildman–Crippen LogP) is 4.36. The van der Waals surface area contributed by atoms with Crippen molar-refractivity contribution in [3.8, 4) is 11.5 Å². The topological polar surface area (TPSA) is 64.6 Å². The van der Waals surface area contributed by atoms with Gasteiger partial charge in [0.15, 0.2) is 0 Å². The summed E-state index contributed by atoms with van der Waals surface area (Å²) >= 11 is 16.4. The van der Waals surface area contributed by atoms with Gasteiger partial charge in [0.2, 0.25) is 0 Å². The number of halogens is 3. The molecule has 0 heterocycles. The summed E-state index contributed by atoms with van der Waals surface area (Å²) in [7, 11) is -4.17. The summed E-state index contributed by atoms with van der Waals surface area (Å²) in [5.74, 6) is -0.689. The van der Waals surface area contributed by atoms with E-state index in [-0.39, 0.29) is 62.9 Å². The van der Waals surface area contributed by atoms with Crippen molar-refractivity contribution < 1.29 is 18.4 Å². The van der Waals surface area contributed by atoms with Crippen LogP contribution in [-0.4, -0.2) is 61.1 Å². The first kappa shape index (κ1) is 22.3. The number of para-hydroxylation sites is 2. The van der Waals surface area contributed by atoms with Crippen LogP contribution in [0.4, 0.5) is 0 Å². The Morgan fingerprint density at radius 2 is 1.25 bits per heavy atom. The van der Waals surface area contributed by atoms with Gasteiger partial charge < -0.3 is 9.05 Å². The first-order valence-corrected chi connectivity index (χ1v) is 8.95. The van der Waals surface area contributed by atoms with E-state index in [4.69, 9.17) is 43.9 Å². The molecule has 0 aliphatic rings. The third-order valence-corrected chi connectivity index (χ3v) is 4.33. The van der Waals surface area contributed by atoms with Gasteiger partial charge in [0.25, 0.3) is 9.70 Å². The minimum absolute atomic E-state index is 0. The maximum Gasteiger partial charge on any atom is 0.544 e. The van der Waals surface area contributed by atoms with Gasteiger partial charge in [-0.15, -0.1) is 0 Å². The maximum absolute atomic E-state index is 12.9. The molecule has 1 amide bonds. The Labute approximate surface area is 197 Å². The Kier molecular flexibility index (Phi) is 9.11. The van der Waals surface area contributed by atoms with E-state index in [1.165, 1.54) is 0 Å². The van der Waals surface area contributed by atoms with Crippen LogP contribution in [0.5, 0.6) is 11.5 Å². The first-order valence-electron chi connectivity index (χ1n) is 6.27. The molecule has 0 aliphatic heterocycles. The van der Waals surface area contributed by atoms with Crippen LogP contribution >= 0.6 is 42.5 Å². The van der Waals surface area contributed by atoms with E-state index in [9.17, 15) is 9.36 Å². The minimum atomic E-state index is -4.17. The molecule has 0 aliphatic carbocycles. The van der Waals surface area contributed by atoms with Crippen LogP contribution in [0.2, 0.25) is 0 Å². The van der Waals surface area contributed by atoms with Crippen molar-refractivity contribution in [2.45, 2.75) is 3.79 Å². The predicted molar refractivity (Wildman–Crippen MR) is 95.9 cm³/mol. The molecule has 10 heteroatoms. The average Bonchev–Trinajstić information content (AvgIpc) is 2.47. The summed E-state index contributed by atoms with van der Waals surface area (Å²) in [5.41, 5.74) is 0. The number of carbonyl (C=O) groups excluding carboxylic acids is 1. The largest absolute Gasteiger partial charge is 0.544 e. The number of alkyl halides is 3. The van der Waals surface area contributed by atoms with E-state index in [0.717, 1.165) is 0 Å². The summed E-state index contributed by atoms with van der Waals surface area (Å²) < 4.78 is 21.1. The van der Waals surface area contributed by atoms with Gasteiger partial charge in [-0.1, -0.05) is 71.2 Å². The molecular formula is C14H11Cl3KNO4P. The molecule has 1 N–H and O–H groups in total. The van der Waals surface area contributed by atoms with Crippen molar-refractivity contribution in [1.29, 1.82) is 0 Å². The van der Waals surface area contributed by atoms with E-state index in [0.29, 0.717) is 0 Å². The molecule has 24 heavy (non-hydrogen) atoms. The quantitative estimate of drug-likeness (QED) is 0.432. The second-order valence-electron chi connectivity index (χ2n) is 4.24. The third kappa shape index (κ3) is 7.24. The SMILES string of the molecule is O=C(NP(=O)(Oc1ccccc1)Oc1ccccc1)C(Cl)(Cl)Cl.[K]. The molecule has 0 bridgehead atoms. The molecule has 0 atom stereocenters. The summed E-state index contributed by atoms with van der Waals surface area (Å²) in [6.07, 6.45) is 0. The summed E-state index contributed by atoms with van der Waals surface area (Å²) in [5, 5.41) is 2.01. The van der Waals surface area contributed by atoms with Crippen molar-refractivity contribution in [2.24, 2.45) is 0 Å². The number of hydrogen-bond donors (Lipinski definition) is 1. The van der Waals surface area contributed by atoms with Crippen LogP contribution < -0.4 is 14.1 Å². The zero-order valence-electron chi connectivity index (χ0n) is 12.5. The molecule has 2 aromatic carbocycles. The third-order valence-electron chi connectivity index (χ3n) is 2.43. The second kappa shape index (κ2) is 9.81. The van der Waals surface area contributed by atoms with Gasteiger partial charge in [-0.2, -0.15) is 0 Å². The molecule has 0 fully saturated rings. The smallest absolute Gasteiger partial charge is 0.400 e. The van der Waals surface area contributed by atoms with E-state index >= 15 is 0 Å². The molecule has 0 unspecified atom stereocenters. The van der Waals surface area contributed by atoms with Crippen LogP contribution in [0.1, 0.15) is 0 Å². The van der Waals surface area contributed by atoms with Crippen molar-refractivity contribution >= 4 is 99.8 Å². The average molecular weight is 434 g/mol. The monoisotopic (exact) mass is 432 g/mol. The van der Waals surface area contributed by atoms with Crippen LogP contribution in [-0.2, 0) is 9.36 Å². The molecule has 1 radical (unpaired) electrons. The van der Waals surface area contributed by atoms with Crippen molar-refractivity contribution in [1.82, 2.24) is 5.09 Å².